The van der Waals surface area contributed by atoms with Crippen molar-refractivity contribution in [2.24, 2.45) is 5.73 Å². The Hall–Kier alpha value is -0.750. The lowest BCUT2D eigenvalue weighted by Crippen LogP contribution is -2.27. The van der Waals surface area contributed by atoms with Crippen LogP contribution in [0.4, 0.5) is 0 Å². The monoisotopic (exact) mass is 220 g/mol. The van der Waals surface area contributed by atoms with Crippen molar-refractivity contribution < 1.29 is 14.7 Å². The highest BCUT2D eigenvalue weighted by atomic mass is 32.2. The summed E-state index contributed by atoms with van der Waals surface area (Å²) < 4.78 is 0. The molecule has 5 nitrogen and oxygen atoms in total. The number of nitrogens with one attached hydrogen (secondary N) is 1. The molecule has 0 fully saturated rings. The van der Waals surface area contributed by atoms with E-state index in [0.717, 1.165) is 6.42 Å². The Morgan fingerprint density at radius 1 is 1.43 bits per heavy atom. The summed E-state index contributed by atoms with van der Waals surface area (Å²) in [5.41, 5.74) is 5.25. The van der Waals surface area contributed by atoms with Crippen LogP contribution >= 0.6 is 11.8 Å². The first-order chi connectivity index (χ1) is 6.66. The molecule has 0 aromatic heterocycles. The van der Waals surface area contributed by atoms with Crippen molar-refractivity contribution in [3.63, 3.8) is 0 Å². The number of carboxylic acid groups (broad SMARTS) is 1. The molecular weight excluding hydrogens is 204 g/mol. The van der Waals surface area contributed by atoms with Gasteiger partial charge in [0, 0.05) is 12.3 Å². The number of hydrogen-bond acceptors (Lipinski definition) is 4. The van der Waals surface area contributed by atoms with Crippen molar-refractivity contribution in [2.45, 2.75) is 12.8 Å². The molecule has 0 unspecified atom stereocenters. The molecule has 6 heteroatoms. The van der Waals surface area contributed by atoms with Gasteiger partial charge in [-0.05, 0) is 13.0 Å². The lowest BCUT2D eigenvalue weighted by molar-refractivity contribution is -0.136. The number of aliphatic carboxylic acids is 1. The quantitative estimate of drug-likeness (QED) is 0.487. The number of rotatable bonds is 8. The molecule has 0 saturated heterocycles. The zero-order valence-electron chi connectivity index (χ0n) is 7.99. The van der Waals surface area contributed by atoms with Crippen LogP contribution in [0.5, 0.6) is 0 Å². The second kappa shape index (κ2) is 8.83. The van der Waals surface area contributed by atoms with Gasteiger partial charge in [0.05, 0.1) is 12.2 Å². The van der Waals surface area contributed by atoms with E-state index >= 15 is 0 Å². The van der Waals surface area contributed by atoms with Gasteiger partial charge in [0.15, 0.2) is 0 Å². The first kappa shape index (κ1) is 13.2. The summed E-state index contributed by atoms with van der Waals surface area (Å²) in [5.74, 6) is -0.104. The summed E-state index contributed by atoms with van der Waals surface area (Å²) in [6.45, 7) is 1.15. The summed E-state index contributed by atoms with van der Waals surface area (Å²) >= 11 is 1.32. The van der Waals surface area contributed by atoms with E-state index in [1.165, 1.54) is 11.8 Å². The number of nitrogens with two attached hydrogens (primary N) is 1. The van der Waals surface area contributed by atoms with Crippen LogP contribution in [0, 0.1) is 0 Å². The predicted octanol–water partition coefficient (Wildman–Crippen LogP) is -0.341. The maximum atomic E-state index is 11.0. The average Bonchev–Trinajstić information content (AvgIpc) is 2.13. The van der Waals surface area contributed by atoms with Gasteiger partial charge in [-0.3, -0.25) is 9.59 Å². The number of amides is 1. The Labute approximate surface area is 87.4 Å². The molecular formula is C8H16N2O3S. The van der Waals surface area contributed by atoms with Gasteiger partial charge >= 0.3 is 5.97 Å². The van der Waals surface area contributed by atoms with Gasteiger partial charge in [-0.2, -0.15) is 11.8 Å². The number of carbonyl (C=O) groups is 2. The van der Waals surface area contributed by atoms with Gasteiger partial charge in [0.1, 0.15) is 0 Å². The van der Waals surface area contributed by atoms with E-state index in [1.54, 1.807) is 0 Å². The number of carboxylic acids is 1. The summed E-state index contributed by atoms with van der Waals surface area (Å²) in [4.78, 5) is 21.2. The van der Waals surface area contributed by atoms with E-state index in [0.29, 0.717) is 24.6 Å². The molecule has 0 bridgehead atoms. The minimum atomic E-state index is -0.832. The SMILES string of the molecule is NCCCNC(=O)CSCCC(=O)O. The van der Waals surface area contributed by atoms with E-state index in [-0.39, 0.29) is 12.3 Å². The second-order valence-corrected chi connectivity index (χ2v) is 3.79. The zero-order chi connectivity index (χ0) is 10.8. The van der Waals surface area contributed by atoms with Crippen LogP contribution in [0.3, 0.4) is 0 Å². The van der Waals surface area contributed by atoms with Gasteiger partial charge in [0.2, 0.25) is 5.91 Å². The van der Waals surface area contributed by atoms with Crippen LogP contribution < -0.4 is 11.1 Å². The average molecular weight is 220 g/mol. The first-order valence-corrected chi connectivity index (χ1v) is 5.58. The predicted molar refractivity (Wildman–Crippen MR) is 56.3 cm³/mol. The number of carbonyl (C=O) groups excluding carboxylic acids is 1. The highest BCUT2D eigenvalue weighted by molar-refractivity contribution is 7.99. The van der Waals surface area contributed by atoms with Crippen LogP contribution in [0.25, 0.3) is 0 Å². The van der Waals surface area contributed by atoms with Gasteiger partial charge in [-0.15, -0.1) is 0 Å². The Balaban J connectivity index is 3.22. The third-order valence-electron chi connectivity index (χ3n) is 1.40. The summed E-state index contributed by atoms with van der Waals surface area (Å²) in [5, 5.41) is 11.0. The molecule has 0 heterocycles. The van der Waals surface area contributed by atoms with E-state index in [4.69, 9.17) is 10.8 Å². The van der Waals surface area contributed by atoms with Gasteiger partial charge < -0.3 is 16.2 Å². The molecule has 0 radical (unpaired) electrons. The first-order valence-electron chi connectivity index (χ1n) is 4.43. The Bertz CT molecular complexity index is 187. The summed E-state index contributed by atoms with van der Waals surface area (Å²) in [6.07, 6.45) is 0.867. The van der Waals surface area contributed by atoms with Crippen molar-refractivity contribution in [3.05, 3.63) is 0 Å². The third kappa shape index (κ3) is 9.34. The summed E-state index contributed by atoms with van der Waals surface area (Å²) in [6, 6.07) is 0. The number of hydrogen-bond donors (Lipinski definition) is 3. The molecule has 4 N–H and O–H groups in total. The van der Waals surface area contributed by atoms with Crippen LogP contribution in [-0.4, -0.2) is 41.6 Å². The van der Waals surface area contributed by atoms with Crippen molar-refractivity contribution in [1.82, 2.24) is 5.32 Å². The molecule has 14 heavy (non-hydrogen) atoms. The minimum absolute atomic E-state index is 0.0613. The van der Waals surface area contributed by atoms with Gasteiger partial charge in [-0.1, -0.05) is 0 Å². The highest BCUT2D eigenvalue weighted by Gasteiger charge is 2.01. The topological polar surface area (TPSA) is 92.4 Å². The van der Waals surface area contributed by atoms with Crippen LogP contribution in [0.2, 0.25) is 0 Å². The van der Waals surface area contributed by atoms with E-state index in [1.807, 2.05) is 0 Å². The van der Waals surface area contributed by atoms with Crippen LogP contribution in [-0.2, 0) is 9.59 Å². The fourth-order valence-corrected chi connectivity index (χ4v) is 1.46. The molecule has 0 atom stereocenters. The Kier molecular flexibility index (Phi) is 8.36. The number of thioether (sulfide) groups is 1. The third-order valence-corrected chi connectivity index (χ3v) is 2.36. The Morgan fingerprint density at radius 2 is 2.14 bits per heavy atom. The van der Waals surface area contributed by atoms with Crippen molar-refractivity contribution in [3.8, 4) is 0 Å². The molecule has 0 aromatic rings. The van der Waals surface area contributed by atoms with E-state index in [9.17, 15) is 9.59 Å². The minimum Gasteiger partial charge on any atom is -0.481 e. The van der Waals surface area contributed by atoms with Gasteiger partial charge in [0.25, 0.3) is 0 Å². The standard InChI is InChI=1S/C8H16N2O3S/c9-3-1-4-10-7(11)6-14-5-2-8(12)13/h1-6,9H2,(H,10,11)(H,12,13). The molecule has 0 aromatic carbocycles. The maximum Gasteiger partial charge on any atom is 0.304 e. The largest absolute Gasteiger partial charge is 0.481 e. The molecule has 0 saturated carbocycles. The fourth-order valence-electron chi connectivity index (χ4n) is 0.705. The molecule has 82 valence electrons. The molecule has 0 spiro atoms. The Morgan fingerprint density at radius 3 is 2.71 bits per heavy atom. The molecule has 0 aliphatic carbocycles. The highest BCUT2D eigenvalue weighted by Crippen LogP contribution is 2.01. The van der Waals surface area contributed by atoms with Crippen molar-refractivity contribution in [2.75, 3.05) is 24.6 Å². The molecule has 0 rings (SSSR count). The normalized spacial score (nSPS) is 9.79. The smallest absolute Gasteiger partial charge is 0.304 e. The zero-order valence-corrected chi connectivity index (χ0v) is 8.81. The molecule has 0 aliphatic heterocycles. The lowest BCUT2D eigenvalue weighted by Gasteiger charge is -2.02. The van der Waals surface area contributed by atoms with E-state index < -0.39 is 5.97 Å². The lowest BCUT2D eigenvalue weighted by atomic mass is 10.4. The van der Waals surface area contributed by atoms with Gasteiger partial charge in [-0.25, -0.2) is 0 Å². The molecule has 0 aliphatic rings. The van der Waals surface area contributed by atoms with Crippen LogP contribution in [0.15, 0.2) is 0 Å². The summed E-state index contributed by atoms with van der Waals surface area (Å²) in [7, 11) is 0. The second-order valence-electron chi connectivity index (χ2n) is 2.69. The van der Waals surface area contributed by atoms with Crippen molar-refractivity contribution in [1.29, 1.82) is 0 Å². The maximum absolute atomic E-state index is 11.0. The van der Waals surface area contributed by atoms with Crippen LogP contribution in [0.1, 0.15) is 12.8 Å². The van der Waals surface area contributed by atoms with Crippen molar-refractivity contribution >= 4 is 23.6 Å². The fraction of sp³-hybridized carbons (Fsp3) is 0.750. The van der Waals surface area contributed by atoms with E-state index in [2.05, 4.69) is 5.32 Å². The molecule has 1 amide bonds.